The zero-order valence-corrected chi connectivity index (χ0v) is 15.7. The summed E-state index contributed by atoms with van der Waals surface area (Å²) in [6.45, 7) is 2.95. The Kier molecular flexibility index (Phi) is 5.54. The van der Waals surface area contributed by atoms with Gasteiger partial charge in [-0.2, -0.15) is 0 Å². The fourth-order valence-corrected chi connectivity index (χ4v) is 3.26. The highest BCUT2D eigenvalue weighted by molar-refractivity contribution is 5.76. The third-order valence-electron chi connectivity index (χ3n) is 4.66. The van der Waals surface area contributed by atoms with Crippen molar-refractivity contribution in [2.24, 2.45) is 0 Å². The Morgan fingerprint density at radius 1 is 0.963 bits per heavy atom. The van der Waals surface area contributed by atoms with E-state index in [9.17, 15) is 5.11 Å². The van der Waals surface area contributed by atoms with E-state index in [0.29, 0.717) is 17.9 Å². The lowest BCUT2D eigenvalue weighted by molar-refractivity contribution is -0.00000740. The summed E-state index contributed by atoms with van der Waals surface area (Å²) in [6.07, 6.45) is 0.753. The minimum atomic E-state index is -0.794. The van der Waals surface area contributed by atoms with Gasteiger partial charge in [0, 0.05) is 0 Å². The molecule has 0 saturated heterocycles. The Labute approximate surface area is 163 Å². The lowest BCUT2D eigenvalue weighted by Gasteiger charge is -2.10. The van der Waals surface area contributed by atoms with Crippen LogP contribution in [-0.4, -0.2) is 14.2 Å². The molecule has 0 fully saturated rings. The van der Waals surface area contributed by atoms with E-state index in [0.717, 1.165) is 16.6 Å². The van der Waals surface area contributed by atoms with Crippen molar-refractivity contribution in [1.82, 2.24) is 9.13 Å². The van der Waals surface area contributed by atoms with Gasteiger partial charge in [0.05, 0.1) is 30.4 Å². The number of aromatic nitrogens is 2. The first-order chi connectivity index (χ1) is 12.6. The van der Waals surface area contributed by atoms with Gasteiger partial charge < -0.3 is 31.1 Å². The van der Waals surface area contributed by atoms with Crippen molar-refractivity contribution >= 4 is 11.0 Å². The van der Waals surface area contributed by atoms with Crippen LogP contribution in [0, 0.1) is 12.3 Å². The number of aryl methyl sites for hydroxylation is 1. The maximum atomic E-state index is 10.5. The molecule has 0 bridgehead atoms. The Hall–Kier alpha value is -2.76. The molecule has 1 atom stereocenters. The standard InChI is InChI=1S/C21H21N3O2.ClH/c1-15-8-10-16(11-9-15)13-23-17-5-2-3-6-18(17)24(21(23)22)14-19(25)20-7-4-12-26-20;/h2-12,19,22,25H,13-14H2,1H3;1H/p-1. The van der Waals surface area contributed by atoms with Crippen LogP contribution in [0.4, 0.5) is 0 Å². The quantitative estimate of drug-likeness (QED) is 0.531. The Morgan fingerprint density at radius 2 is 1.63 bits per heavy atom. The minimum Gasteiger partial charge on any atom is -1.00 e. The van der Waals surface area contributed by atoms with Gasteiger partial charge in [-0.05, 0) is 36.8 Å². The number of nitrogens with one attached hydrogen (secondary N) is 1. The van der Waals surface area contributed by atoms with Crippen LogP contribution in [0.15, 0.2) is 71.3 Å². The Bertz CT molecular complexity index is 1080. The molecule has 0 saturated carbocycles. The molecule has 4 aromatic rings. The third-order valence-corrected chi connectivity index (χ3v) is 4.66. The van der Waals surface area contributed by atoms with Crippen molar-refractivity contribution in [3.05, 3.63) is 89.4 Å². The molecule has 6 heteroatoms. The van der Waals surface area contributed by atoms with E-state index in [4.69, 9.17) is 9.83 Å². The van der Waals surface area contributed by atoms with Gasteiger partial charge in [0.2, 0.25) is 5.62 Å². The second kappa shape index (κ2) is 7.86. The van der Waals surface area contributed by atoms with Crippen molar-refractivity contribution in [3.63, 3.8) is 0 Å². The van der Waals surface area contributed by atoms with E-state index >= 15 is 0 Å². The minimum absolute atomic E-state index is 0. The Morgan fingerprint density at radius 3 is 2.26 bits per heavy atom. The molecular weight excluding hydrogens is 362 g/mol. The molecule has 0 radical (unpaired) electrons. The maximum absolute atomic E-state index is 10.5. The molecule has 2 aromatic heterocycles. The summed E-state index contributed by atoms with van der Waals surface area (Å²) in [6, 6.07) is 19.8. The number of para-hydroxylation sites is 2. The average Bonchev–Trinajstić information content (AvgIpc) is 3.27. The van der Waals surface area contributed by atoms with E-state index < -0.39 is 6.10 Å². The summed E-state index contributed by atoms with van der Waals surface area (Å²) < 4.78 is 9.10. The zero-order valence-electron chi connectivity index (χ0n) is 15.0. The SMILES string of the molecule is Cc1ccc(Cn2c(=N)n(CC(O)c3ccco3)c3ccccc32)cc1.[Cl-]. The van der Waals surface area contributed by atoms with Crippen molar-refractivity contribution < 1.29 is 21.9 Å². The second-order valence-corrected chi connectivity index (χ2v) is 6.53. The molecule has 0 aliphatic rings. The first-order valence-corrected chi connectivity index (χ1v) is 8.63. The zero-order chi connectivity index (χ0) is 18.1. The smallest absolute Gasteiger partial charge is 0.203 e. The average molecular weight is 383 g/mol. The van der Waals surface area contributed by atoms with Crippen LogP contribution in [0.3, 0.4) is 0 Å². The number of halogens is 1. The van der Waals surface area contributed by atoms with Gasteiger partial charge in [0.1, 0.15) is 11.9 Å². The van der Waals surface area contributed by atoms with Crippen LogP contribution in [-0.2, 0) is 13.1 Å². The van der Waals surface area contributed by atoms with Gasteiger partial charge in [-0.15, -0.1) is 0 Å². The van der Waals surface area contributed by atoms with Crippen molar-refractivity contribution in [2.75, 3.05) is 0 Å². The van der Waals surface area contributed by atoms with Crippen LogP contribution < -0.4 is 18.0 Å². The third kappa shape index (κ3) is 3.70. The van der Waals surface area contributed by atoms with Crippen molar-refractivity contribution in [1.29, 1.82) is 5.41 Å². The second-order valence-electron chi connectivity index (χ2n) is 6.53. The van der Waals surface area contributed by atoms with Crippen molar-refractivity contribution in [2.45, 2.75) is 26.1 Å². The number of imidazole rings is 1. The van der Waals surface area contributed by atoms with Crippen LogP contribution in [0.1, 0.15) is 23.0 Å². The number of benzene rings is 2. The summed E-state index contributed by atoms with van der Waals surface area (Å²) >= 11 is 0. The number of hydrogen-bond acceptors (Lipinski definition) is 3. The first-order valence-electron chi connectivity index (χ1n) is 8.63. The number of nitrogens with zero attached hydrogens (tertiary/aromatic N) is 2. The van der Waals surface area contributed by atoms with Gasteiger partial charge in [-0.25, -0.2) is 0 Å². The van der Waals surface area contributed by atoms with E-state index in [1.807, 2.05) is 33.4 Å². The lowest BCUT2D eigenvalue weighted by atomic mass is 10.1. The van der Waals surface area contributed by atoms with Gasteiger partial charge in [0.25, 0.3) is 0 Å². The molecule has 0 spiro atoms. The summed E-state index contributed by atoms with van der Waals surface area (Å²) in [5.41, 5.74) is 4.62. The van der Waals surface area contributed by atoms with Gasteiger partial charge in [-0.3, -0.25) is 5.41 Å². The van der Waals surface area contributed by atoms with Crippen LogP contribution in [0.2, 0.25) is 0 Å². The molecule has 0 aliphatic carbocycles. The first kappa shape index (κ1) is 19.0. The normalized spacial score (nSPS) is 12.1. The summed E-state index contributed by atoms with van der Waals surface area (Å²) in [4.78, 5) is 0. The molecule has 0 amide bonds. The number of aliphatic hydroxyl groups excluding tert-OH is 1. The van der Waals surface area contributed by atoms with Crippen molar-refractivity contribution in [3.8, 4) is 0 Å². The highest BCUT2D eigenvalue weighted by Crippen LogP contribution is 2.19. The molecule has 140 valence electrons. The number of furan rings is 1. The maximum Gasteiger partial charge on any atom is 0.203 e. The van der Waals surface area contributed by atoms with Crippen LogP contribution in [0.25, 0.3) is 11.0 Å². The van der Waals surface area contributed by atoms with E-state index in [-0.39, 0.29) is 19.0 Å². The predicted octanol–water partition coefficient (Wildman–Crippen LogP) is 0.610. The fraction of sp³-hybridized carbons (Fsp3) is 0.190. The summed E-state index contributed by atoms with van der Waals surface area (Å²) in [5.74, 6) is 0.507. The predicted molar refractivity (Wildman–Crippen MR) is 99.7 cm³/mol. The summed E-state index contributed by atoms with van der Waals surface area (Å²) in [7, 11) is 0. The van der Waals surface area contributed by atoms with Gasteiger partial charge in [0.15, 0.2) is 0 Å². The molecule has 2 N–H and O–H groups in total. The van der Waals surface area contributed by atoms with Gasteiger partial charge >= 0.3 is 0 Å². The van der Waals surface area contributed by atoms with Crippen LogP contribution >= 0.6 is 0 Å². The van der Waals surface area contributed by atoms with E-state index in [2.05, 4.69) is 31.2 Å². The fourth-order valence-electron chi connectivity index (χ4n) is 3.26. The molecule has 1 unspecified atom stereocenters. The highest BCUT2D eigenvalue weighted by Gasteiger charge is 2.16. The van der Waals surface area contributed by atoms with E-state index in [1.54, 1.807) is 18.4 Å². The summed E-state index contributed by atoms with van der Waals surface area (Å²) in [5, 5.41) is 19.1. The molecule has 4 rings (SSSR count). The molecule has 5 nitrogen and oxygen atoms in total. The monoisotopic (exact) mass is 382 g/mol. The number of hydrogen-bond donors (Lipinski definition) is 2. The number of fused-ring (bicyclic) bond motifs is 1. The molecule has 2 aromatic carbocycles. The molecule has 2 heterocycles. The van der Waals surface area contributed by atoms with Crippen LogP contribution in [0.5, 0.6) is 0 Å². The highest BCUT2D eigenvalue weighted by atomic mass is 35.5. The van der Waals surface area contributed by atoms with Gasteiger partial charge in [-0.1, -0.05) is 42.0 Å². The molecule has 27 heavy (non-hydrogen) atoms. The molecule has 0 aliphatic heterocycles. The van der Waals surface area contributed by atoms with E-state index in [1.165, 1.54) is 5.56 Å². The largest absolute Gasteiger partial charge is 1.00 e. The lowest BCUT2D eigenvalue weighted by Crippen LogP contribution is -3.00. The topological polar surface area (TPSA) is 67.1 Å². The molecular formula is C21H21ClN3O2-. The Balaban J connectivity index is 0.00000210. The number of aliphatic hydroxyl groups is 1. The number of rotatable bonds is 5.